The van der Waals surface area contributed by atoms with Crippen LogP contribution in [0.2, 0.25) is 0 Å². The number of carbonyl (C=O) groups excluding carboxylic acids is 2. The van der Waals surface area contributed by atoms with E-state index in [4.69, 9.17) is 0 Å². The number of hydrogen-bond acceptors (Lipinski definition) is 5. The average Bonchev–Trinajstić information content (AvgIpc) is 2.73. The van der Waals surface area contributed by atoms with Gasteiger partial charge in [0.2, 0.25) is 0 Å². The second kappa shape index (κ2) is 13.3. The molecule has 0 aromatic heterocycles. The smallest absolute Gasteiger partial charge is 0.163 e. The largest absolute Gasteiger partial charge is 0.508 e. The van der Waals surface area contributed by atoms with Crippen LogP contribution in [0, 0.1) is 0 Å². The lowest BCUT2D eigenvalue weighted by Gasteiger charge is -2.29. The van der Waals surface area contributed by atoms with Crippen LogP contribution in [0.25, 0.3) is 12.2 Å². The Labute approximate surface area is 203 Å². The van der Waals surface area contributed by atoms with Crippen molar-refractivity contribution in [3.8, 4) is 5.75 Å². The fourth-order valence-corrected chi connectivity index (χ4v) is 3.52. The predicted molar refractivity (Wildman–Crippen MR) is 135 cm³/mol. The fraction of sp³-hybridized carbons (Fsp3) is 0.217. The SMILES string of the molecule is Cl.Cl.O=C(C=Cc1ccc(O)cc1)CC(=O)C=Cc1ccc(N2CCNCC2)cc1Br. The highest BCUT2D eigenvalue weighted by atomic mass is 79.9. The standard InChI is InChI=1S/C23H23BrN2O3.2ClH/c24-23-15-19(26-13-11-25-12-14-26)6-4-18(23)5-10-22(29)16-21(28)9-3-17-1-7-20(27)8-2-17;;/h1-10,15,25,27H,11-14,16H2;2*1H. The molecular weight excluding hydrogens is 503 g/mol. The van der Waals surface area contributed by atoms with E-state index in [0.717, 1.165) is 47.5 Å². The van der Waals surface area contributed by atoms with Crippen LogP contribution in [0.15, 0.2) is 59.1 Å². The first kappa shape index (κ1) is 26.9. The molecule has 1 aliphatic heterocycles. The number of phenols is 1. The molecule has 0 bridgehead atoms. The Bertz CT molecular complexity index is 940. The van der Waals surface area contributed by atoms with E-state index in [0.29, 0.717) is 0 Å². The molecular formula is C23H25BrCl2N2O3. The lowest BCUT2D eigenvalue weighted by atomic mass is 10.1. The van der Waals surface area contributed by atoms with Gasteiger partial charge in [0.1, 0.15) is 5.75 Å². The summed E-state index contributed by atoms with van der Waals surface area (Å²) in [6.45, 7) is 3.89. The van der Waals surface area contributed by atoms with Gasteiger partial charge in [-0.3, -0.25) is 9.59 Å². The van der Waals surface area contributed by atoms with Gasteiger partial charge >= 0.3 is 0 Å². The van der Waals surface area contributed by atoms with E-state index in [1.165, 1.54) is 12.2 Å². The Balaban J connectivity index is 0.00000240. The number of benzene rings is 2. The minimum atomic E-state index is -0.263. The topological polar surface area (TPSA) is 69.6 Å². The average molecular weight is 528 g/mol. The van der Waals surface area contributed by atoms with Crippen molar-refractivity contribution in [2.24, 2.45) is 0 Å². The number of carbonyl (C=O) groups is 2. The number of rotatable bonds is 7. The molecule has 2 aromatic rings. The van der Waals surface area contributed by atoms with Crippen molar-refractivity contribution in [3.05, 3.63) is 70.2 Å². The number of nitrogens with one attached hydrogen (secondary N) is 1. The van der Waals surface area contributed by atoms with Gasteiger partial charge in [-0.15, -0.1) is 24.8 Å². The maximum absolute atomic E-state index is 12.1. The highest BCUT2D eigenvalue weighted by molar-refractivity contribution is 9.10. The van der Waals surface area contributed by atoms with E-state index in [9.17, 15) is 14.7 Å². The Morgan fingerprint density at radius 1 is 0.968 bits per heavy atom. The molecule has 31 heavy (non-hydrogen) atoms. The molecule has 0 aliphatic carbocycles. The van der Waals surface area contributed by atoms with Gasteiger partial charge in [0, 0.05) is 36.3 Å². The first-order valence-corrected chi connectivity index (χ1v) is 10.3. The van der Waals surface area contributed by atoms with Gasteiger partial charge in [0.05, 0.1) is 6.42 Å². The summed E-state index contributed by atoms with van der Waals surface area (Å²) in [5.41, 5.74) is 2.83. The van der Waals surface area contributed by atoms with Crippen molar-refractivity contribution in [1.29, 1.82) is 0 Å². The highest BCUT2D eigenvalue weighted by Crippen LogP contribution is 2.25. The van der Waals surface area contributed by atoms with Crippen LogP contribution in [0.1, 0.15) is 17.5 Å². The fourth-order valence-electron chi connectivity index (χ4n) is 3.02. The van der Waals surface area contributed by atoms with Crippen molar-refractivity contribution in [2.45, 2.75) is 6.42 Å². The summed E-state index contributed by atoms with van der Waals surface area (Å²) in [5, 5.41) is 12.6. The zero-order chi connectivity index (χ0) is 20.6. The first-order valence-electron chi connectivity index (χ1n) is 9.47. The van der Waals surface area contributed by atoms with Gasteiger partial charge in [-0.2, -0.15) is 0 Å². The molecule has 3 rings (SSSR count). The number of aromatic hydroxyl groups is 1. The molecule has 5 nitrogen and oxygen atoms in total. The molecule has 0 saturated carbocycles. The minimum absolute atomic E-state index is 0. The quantitative estimate of drug-likeness (QED) is 0.404. The molecule has 0 spiro atoms. The monoisotopic (exact) mass is 526 g/mol. The van der Waals surface area contributed by atoms with Crippen LogP contribution >= 0.6 is 40.7 Å². The molecule has 166 valence electrons. The summed E-state index contributed by atoms with van der Waals surface area (Å²) in [7, 11) is 0. The van der Waals surface area contributed by atoms with Crippen molar-refractivity contribution in [3.63, 3.8) is 0 Å². The van der Waals surface area contributed by atoms with Crippen molar-refractivity contribution < 1.29 is 14.7 Å². The van der Waals surface area contributed by atoms with Crippen molar-refractivity contribution in [1.82, 2.24) is 5.32 Å². The number of phenolic OH excluding ortho intramolecular Hbond substituents is 1. The number of nitrogens with zero attached hydrogens (tertiary/aromatic N) is 1. The third-order valence-electron chi connectivity index (χ3n) is 4.62. The number of piperazine rings is 1. The number of allylic oxidation sites excluding steroid dienone is 2. The minimum Gasteiger partial charge on any atom is -0.508 e. The van der Waals surface area contributed by atoms with Gasteiger partial charge in [0.25, 0.3) is 0 Å². The van der Waals surface area contributed by atoms with E-state index >= 15 is 0 Å². The van der Waals surface area contributed by atoms with E-state index in [1.807, 2.05) is 12.1 Å². The summed E-state index contributed by atoms with van der Waals surface area (Å²) >= 11 is 3.57. The van der Waals surface area contributed by atoms with Crippen LogP contribution in [-0.4, -0.2) is 42.9 Å². The Hall–Kier alpha value is -2.12. The maximum atomic E-state index is 12.1. The molecule has 0 atom stereocenters. The third-order valence-corrected chi connectivity index (χ3v) is 5.30. The molecule has 1 aliphatic rings. The summed E-state index contributed by atoms with van der Waals surface area (Å²) in [6.07, 6.45) is 6.00. The number of anilines is 1. The number of hydrogen-bond donors (Lipinski definition) is 2. The van der Waals surface area contributed by atoms with Crippen molar-refractivity contribution >= 4 is 70.1 Å². The normalized spacial score (nSPS) is 13.6. The third kappa shape index (κ3) is 8.50. The lowest BCUT2D eigenvalue weighted by molar-refractivity contribution is -0.121. The van der Waals surface area contributed by atoms with E-state index in [1.54, 1.807) is 36.4 Å². The van der Waals surface area contributed by atoms with Gasteiger partial charge < -0.3 is 15.3 Å². The van der Waals surface area contributed by atoms with E-state index in [2.05, 4.69) is 32.2 Å². The van der Waals surface area contributed by atoms with Crippen LogP contribution in [0.4, 0.5) is 5.69 Å². The van der Waals surface area contributed by atoms with E-state index in [-0.39, 0.29) is 48.6 Å². The molecule has 0 radical (unpaired) electrons. The molecule has 0 amide bonds. The molecule has 0 unspecified atom stereocenters. The second-order valence-corrected chi connectivity index (χ2v) is 7.66. The van der Waals surface area contributed by atoms with E-state index < -0.39 is 0 Å². The van der Waals surface area contributed by atoms with Gasteiger partial charge in [0.15, 0.2) is 11.6 Å². The molecule has 1 saturated heterocycles. The molecule has 1 fully saturated rings. The van der Waals surface area contributed by atoms with Crippen LogP contribution in [-0.2, 0) is 9.59 Å². The number of halogens is 3. The Kier molecular flexibility index (Phi) is 11.6. The highest BCUT2D eigenvalue weighted by Gasteiger charge is 2.11. The second-order valence-electron chi connectivity index (χ2n) is 6.81. The summed E-state index contributed by atoms with van der Waals surface area (Å²) < 4.78 is 0.913. The van der Waals surface area contributed by atoms with Crippen LogP contribution in [0.3, 0.4) is 0 Å². The zero-order valence-electron chi connectivity index (χ0n) is 16.8. The zero-order valence-corrected chi connectivity index (χ0v) is 20.0. The lowest BCUT2D eigenvalue weighted by Crippen LogP contribution is -2.43. The maximum Gasteiger partial charge on any atom is 0.163 e. The Morgan fingerprint density at radius 2 is 1.58 bits per heavy atom. The Morgan fingerprint density at radius 3 is 2.19 bits per heavy atom. The van der Waals surface area contributed by atoms with Crippen LogP contribution in [0.5, 0.6) is 5.75 Å². The van der Waals surface area contributed by atoms with Gasteiger partial charge in [-0.05, 0) is 47.5 Å². The molecule has 2 aromatic carbocycles. The summed E-state index contributed by atoms with van der Waals surface area (Å²) in [6, 6.07) is 12.6. The first-order chi connectivity index (χ1) is 14.0. The summed E-state index contributed by atoms with van der Waals surface area (Å²) in [4.78, 5) is 26.4. The van der Waals surface area contributed by atoms with Crippen molar-refractivity contribution in [2.75, 3.05) is 31.1 Å². The molecule has 8 heteroatoms. The number of ketones is 2. The molecule has 2 N–H and O–H groups in total. The van der Waals surface area contributed by atoms with Gasteiger partial charge in [-0.1, -0.05) is 46.3 Å². The predicted octanol–water partition coefficient (Wildman–Crippen LogP) is 4.66. The molecule has 1 heterocycles. The van der Waals surface area contributed by atoms with Crippen LogP contribution < -0.4 is 10.2 Å². The summed E-state index contributed by atoms with van der Waals surface area (Å²) in [5.74, 6) is -0.342. The van der Waals surface area contributed by atoms with Gasteiger partial charge in [-0.25, -0.2) is 0 Å².